The van der Waals surface area contributed by atoms with Crippen LogP contribution < -0.4 is 24.8 Å². The molecule has 0 aliphatic heterocycles. The molecule has 1 heterocycles. The monoisotopic (exact) mass is 529 g/mol. The zero-order valence-corrected chi connectivity index (χ0v) is 20.6. The molecule has 37 heavy (non-hydrogen) atoms. The fourth-order valence-corrected chi connectivity index (χ4v) is 3.87. The number of hydrogen-bond acceptors (Lipinski definition) is 6. The van der Waals surface area contributed by atoms with Crippen LogP contribution in [0.1, 0.15) is 0 Å². The van der Waals surface area contributed by atoms with Crippen LogP contribution in [-0.2, 0) is 4.74 Å². The second-order valence-corrected chi connectivity index (χ2v) is 8.06. The molecule has 1 aromatic heterocycles. The molecule has 8 nitrogen and oxygen atoms in total. The SMILES string of the molecule is COCCOc1cc2nccc(Oc3ccc(N(C(N)=O)c4ccc(F)cc4F)c(Cl)c3)c2cc1OC. The predicted molar refractivity (Wildman–Crippen MR) is 135 cm³/mol. The minimum absolute atomic E-state index is 0.0461. The molecule has 11 heteroatoms. The first-order valence-electron chi connectivity index (χ1n) is 10.9. The Balaban J connectivity index is 1.66. The van der Waals surface area contributed by atoms with Gasteiger partial charge in [0.15, 0.2) is 11.5 Å². The molecule has 2 N–H and O–H groups in total. The van der Waals surface area contributed by atoms with Gasteiger partial charge in [-0.15, -0.1) is 0 Å². The van der Waals surface area contributed by atoms with E-state index in [-0.39, 0.29) is 16.4 Å². The van der Waals surface area contributed by atoms with Crippen LogP contribution >= 0.6 is 11.6 Å². The van der Waals surface area contributed by atoms with Gasteiger partial charge in [0.25, 0.3) is 0 Å². The number of pyridine rings is 1. The van der Waals surface area contributed by atoms with Gasteiger partial charge in [-0.25, -0.2) is 13.6 Å². The van der Waals surface area contributed by atoms with Gasteiger partial charge in [0.1, 0.15) is 29.7 Å². The first kappa shape index (κ1) is 25.9. The number of urea groups is 1. The molecule has 0 spiro atoms. The van der Waals surface area contributed by atoms with Gasteiger partial charge in [0, 0.05) is 36.9 Å². The average molecular weight is 530 g/mol. The van der Waals surface area contributed by atoms with E-state index < -0.39 is 17.7 Å². The fourth-order valence-electron chi connectivity index (χ4n) is 3.61. The Bertz CT molecular complexity index is 1450. The van der Waals surface area contributed by atoms with Crippen molar-refractivity contribution in [3.63, 3.8) is 0 Å². The average Bonchev–Trinajstić information content (AvgIpc) is 2.86. The number of carbonyl (C=O) groups excluding carboxylic acids is 1. The van der Waals surface area contributed by atoms with Crippen LogP contribution in [0.3, 0.4) is 0 Å². The number of benzene rings is 3. The zero-order chi connectivity index (χ0) is 26.5. The van der Waals surface area contributed by atoms with E-state index in [1.807, 2.05) is 0 Å². The van der Waals surface area contributed by atoms with Crippen LogP contribution in [0.4, 0.5) is 25.0 Å². The second kappa shape index (κ2) is 11.3. The lowest BCUT2D eigenvalue weighted by atomic mass is 10.1. The van der Waals surface area contributed by atoms with Crippen LogP contribution in [0, 0.1) is 11.6 Å². The summed E-state index contributed by atoms with van der Waals surface area (Å²) < 4.78 is 50.0. The lowest BCUT2D eigenvalue weighted by Gasteiger charge is -2.22. The van der Waals surface area contributed by atoms with Crippen molar-refractivity contribution in [1.29, 1.82) is 0 Å². The summed E-state index contributed by atoms with van der Waals surface area (Å²) in [4.78, 5) is 17.4. The number of halogens is 3. The summed E-state index contributed by atoms with van der Waals surface area (Å²) in [5.41, 5.74) is 5.92. The van der Waals surface area contributed by atoms with Crippen LogP contribution in [0.5, 0.6) is 23.0 Å². The van der Waals surface area contributed by atoms with E-state index >= 15 is 0 Å². The topological polar surface area (TPSA) is 96.1 Å². The molecular formula is C26H22ClF2N3O5. The molecule has 2 amide bonds. The number of ether oxygens (including phenoxy) is 4. The predicted octanol–water partition coefficient (Wildman–Crippen LogP) is 6.21. The number of amides is 2. The molecule has 3 aromatic carbocycles. The third-order valence-corrected chi connectivity index (χ3v) is 5.59. The van der Waals surface area contributed by atoms with E-state index in [1.165, 1.54) is 25.3 Å². The first-order valence-corrected chi connectivity index (χ1v) is 11.3. The Labute approximate surface area is 216 Å². The number of anilines is 2. The fraction of sp³-hybridized carbons (Fsp3) is 0.154. The van der Waals surface area contributed by atoms with Crippen molar-refractivity contribution >= 4 is 39.9 Å². The normalized spacial score (nSPS) is 10.8. The molecule has 0 atom stereocenters. The lowest BCUT2D eigenvalue weighted by molar-refractivity contribution is 0.144. The number of hydrogen-bond donors (Lipinski definition) is 1. The molecule has 4 aromatic rings. The molecule has 0 bridgehead atoms. The van der Waals surface area contributed by atoms with Gasteiger partial charge in [-0.3, -0.25) is 9.88 Å². The standard InChI is InChI=1S/C26H22ClF2N3O5/c1-34-9-10-36-25-14-20-17(13-24(25)35-2)23(7-8-31-20)37-16-4-6-21(18(27)12-16)32(26(30)33)22-5-3-15(28)11-19(22)29/h3-8,11-14H,9-10H2,1-2H3,(H2,30,33). The number of rotatable bonds is 9. The van der Waals surface area contributed by atoms with Crippen LogP contribution in [0.25, 0.3) is 10.9 Å². The second-order valence-electron chi connectivity index (χ2n) is 7.66. The van der Waals surface area contributed by atoms with Crippen molar-refractivity contribution in [2.75, 3.05) is 32.3 Å². The maximum absolute atomic E-state index is 14.4. The van der Waals surface area contributed by atoms with Crippen molar-refractivity contribution in [2.45, 2.75) is 0 Å². The molecule has 0 saturated heterocycles. The molecule has 192 valence electrons. The summed E-state index contributed by atoms with van der Waals surface area (Å²) in [5.74, 6) is -0.0122. The molecule has 0 aliphatic carbocycles. The Kier molecular flexibility index (Phi) is 7.90. The van der Waals surface area contributed by atoms with Crippen molar-refractivity contribution < 1.29 is 32.5 Å². The van der Waals surface area contributed by atoms with Gasteiger partial charge < -0.3 is 24.7 Å². The van der Waals surface area contributed by atoms with Gasteiger partial charge in [-0.1, -0.05) is 11.6 Å². The smallest absolute Gasteiger partial charge is 0.324 e. The Morgan fingerprint density at radius 2 is 1.76 bits per heavy atom. The number of nitrogens with two attached hydrogens (primary N) is 1. The number of carbonyl (C=O) groups is 1. The van der Waals surface area contributed by atoms with Crippen LogP contribution in [-0.4, -0.2) is 38.4 Å². The summed E-state index contributed by atoms with van der Waals surface area (Å²) >= 11 is 6.43. The largest absolute Gasteiger partial charge is 0.493 e. The number of aromatic nitrogens is 1. The third-order valence-electron chi connectivity index (χ3n) is 5.29. The van der Waals surface area contributed by atoms with Crippen molar-refractivity contribution in [3.8, 4) is 23.0 Å². The zero-order valence-electron chi connectivity index (χ0n) is 19.8. The summed E-state index contributed by atoms with van der Waals surface area (Å²) in [5, 5.41) is 0.690. The highest BCUT2D eigenvalue weighted by Gasteiger charge is 2.22. The minimum Gasteiger partial charge on any atom is -0.493 e. The molecule has 0 aliphatic rings. The highest BCUT2D eigenvalue weighted by molar-refractivity contribution is 6.34. The maximum atomic E-state index is 14.4. The van der Waals surface area contributed by atoms with E-state index in [1.54, 1.807) is 31.5 Å². The third kappa shape index (κ3) is 5.65. The molecular weight excluding hydrogens is 508 g/mol. The number of methoxy groups -OCH3 is 2. The van der Waals surface area contributed by atoms with E-state index in [0.29, 0.717) is 53.2 Å². The minimum atomic E-state index is -1.00. The quantitative estimate of drug-likeness (QED) is 0.259. The van der Waals surface area contributed by atoms with Gasteiger partial charge in [-0.2, -0.15) is 0 Å². The molecule has 0 fully saturated rings. The van der Waals surface area contributed by atoms with E-state index in [0.717, 1.165) is 17.0 Å². The highest BCUT2D eigenvalue weighted by atomic mass is 35.5. The maximum Gasteiger partial charge on any atom is 0.324 e. The summed E-state index contributed by atoms with van der Waals surface area (Å²) in [6.45, 7) is 0.749. The van der Waals surface area contributed by atoms with Crippen LogP contribution in [0.2, 0.25) is 5.02 Å². The highest BCUT2D eigenvalue weighted by Crippen LogP contribution is 2.40. The van der Waals surface area contributed by atoms with Gasteiger partial charge in [0.05, 0.1) is 35.6 Å². The molecule has 0 unspecified atom stereocenters. The van der Waals surface area contributed by atoms with E-state index in [4.69, 9.17) is 36.3 Å². The van der Waals surface area contributed by atoms with Crippen LogP contribution in [0.15, 0.2) is 60.8 Å². The van der Waals surface area contributed by atoms with E-state index in [9.17, 15) is 13.6 Å². The number of primary amides is 1. The lowest BCUT2D eigenvalue weighted by Crippen LogP contribution is -2.32. The summed E-state index contributed by atoms with van der Waals surface area (Å²) in [6.07, 6.45) is 1.57. The first-order chi connectivity index (χ1) is 17.8. The molecule has 0 saturated carbocycles. The van der Waals surface area contributed by atoms with Crippen molar-refractivity contribution in [3.05, 3.63) is 77.5 Å². The van der Waals surface area contributed by atoms with Gasteiger partial charge in [0.2, 0.25) is 0 Å². The summed E-state index contributed by atoms with van der Waals surface area (Å²) in [6, 6.07) is 11.3. The number of fused-ring (bicyclic) bond motifs is 1. The molecule has 4 rings (SSSR count). The van der Waals surface area contributed by atoms with Crippen molar-refractivity contribution in [2.24, 2.45) is 5.73 Å². The Morgan fingerprint density at radius 3 is 2.43 bits per heavy atom. The summed E-state index contributed by atoms with van der Waals surface area (Å²) in [7, 11) is 3.10. The molecule has 0 radical (unpaired) electrons. The van der Waals surface area contributed by atoms with Gasteiger partial charge >= 0.3 is 6.03 Å². The Hall–Kier alpha value is -4.15. The Morgan fingerprint density at radius 1 is 0.973 bits per heavy atom. The van der Waals surface area contributed by atoms with Crippen molar-refractivity contribution in [1.82, 2.24) is 4.98 Å². The van der Waals surface area contributed by atoms with Gasteiger partial charge in [-0.05, 0) is 36.4 Å². The number of nitrogens with zero attached hydrogens (tertiary/aromatic N) is 2. The van der Waals surface area contributed by atoms with E-state index in [2.05, 4.69) is 4.98 Å².